The Morgan fingerprint density at radius 2 is 1.95 bits per heavy atom. The van der Waals surface area contributed by atoms with Crippen LogP contribution in [0.4, 0.5) is 0 Å². The van der Waals surface area contributed by atoms with Gasteiger partial charge in [0.15, 0.2) is 0 Å². The lowest BCUT2D eigenvalue weighted by atomic mass is 10.0. The molecule has 0 saturated heterocycles. The van der Waals surface area contributed by atoms with Gasteiger partial charge in [0.1, 0.15) is 17.4 Å². The Labute approximate surface area is 125 Å². The van der Waals surface area contributed by atoms with Gasteiger partial charge in [-0.05, 0) is 30.2 Å². The zero-order valence-electron chi connectivity index (χ0n) is 11.1. The number of benzene rings is 2. The zero-order chi connectivity index (χ0) is 14.1. The molecule has 1 aromatic heterocycles. The number of hydrogen-bond donors (Lipinski definition) is 2. The summed E-state index contributed by atoms with van der Waals surface area (Å²) in [4.78, 5) is 0. The van der Waals surface area contributed by atoms with Crippen molar-refractivity contribution < 1.29 is 4.42 Å². The molecule has 2 aromatic carbocycles. The predicted octanol–water partition coefficient (Wildman–Crippen LogP) is 4.06. The molecule has 0 spiro atoms. The standard InChI is InChI=1S/C16H15BrN2O/c1-10-5-4-6-11-9-14(20-16(10)11)15(19-18)12-7-2-3-8-13(12)17/h2-9,15,19H,18H2,1H3. The maximum absolute atomic E-state index is 6.00. The second-order valence-corrected chi connectivity index (χ2v) is 5.62. The number of hydrazine groups is 1. The minimum atomic E-state index is -0.183. The third-order valence-electron chi connectivity index (χ3n) is 3.43. The monoisotopic (exact) mass is 330 g/mol. The van der Waals surface area contributed by atoms with Crippen LogP contribution in [0.25, 0.3) is 11.0 Å². The summed E-state index contributed by atoms with van der Waals surface area (Å²) >= 11 is 3.56. The van der Waals surface area contributed by atoms with E-state index in [1.807, 2.05) is 55.5 Å². The van der Waals surface area contributed by atoms with E-state index in [9.17, 15) is 0 Å². The lowest BCUT2D eigenvalue weighted by Crippen LogP contribution is -2.28. The summed E-state index contributed by atoms with van der Waals surface area (Å²) in [5, 5.41) is 1.09. The molecule has 0 radical (unpaired) electrons. The highest BCUT2D eigenvalue weighted by molar-refractivity contribution is 9.10. The van der Waals surface area contributed by atoms with Gasteiger partial charge >= 0.3 is 0 Å². The molecule has 0 aliphatic heterocycles. The highest BCUT2D eigenvalue weighted by atomic mass is 79.9. The van der Waals surface area contributed by atoms with Crippen LogP contribution in [-0.4, -0.2) is 0 Å². The maximum atomic E-state index is 6.00. The van der Waals surface area contributed by atoms with E-state index in [-0.39, 0.29) is 6.04 Å². The molecule has 0 bridgehead atoms. The van der Waals surface area contributed by atoms with Gasteiger partial charge < -0.3 is 4.42 Å². The highest BCUT2D eigenvalue weighted by Crippen LogP contribution is 2.32. The second kappa shape index (κ2) is 5.40. The fourth-order valence-corrected chi connectivity index (χ4v) is 2.92. The van der Waals surface area contributed by atoms with Crippen LogP contribution in [0, 0.1) is 6.92 Å². The molecule has 1 heterocycles. The minimum Gasteiger partial charge on any atom is -0.459 e. The molecule has 20 heavy (non-hydrogen) atoms. The number of nitrogens with two attached hydrogens (primary N) is 1. The van der Waals surface area contributed by atoms with E-state index in [2.05, 4.69) is 21.4 Å². The van der Waals surface area contributed by atoms with Gasteiger partial charge in [0, 0.05) is 9.86 Å². The highest BCUT2D eigenvalue weighted by Gasteiger charge is 2.19. The molecule has 3 aromatic rings. The smallest absolute Gasteiger partial charge is 0.137 e. The first-order chi connectivity index (χ1) is 9.70. The van der Waals surface area contributed by atoms with Gasteiger partial charge in [-0.1, -0.05) is 52.3 Å². The van der Waals surface area contributed by atoms with E-state index in [1.54, 1.807) is 0 Å². The quantitative estimate of drug-likeness (QED) is 0.562. The first-order valence-corrected chi connectivity index (χ1v) is 7.19. The Kier molecular flexibility index (Phi) is 3.61. The van der Waals surface area contributed by atoms with Crippen LogP contribution in [-0.2, 0) is 0 Å². The minimum absolute atomic E-state index is 0.183. The van der Waals surface area contributed by atoms with E-state index in [4.69, 9.17) is 10.3 Å². The molecule has 0 aliphatic rings. The lowest BCUT2D eigenvalue weighted by Gasteiger charge is -2.15. The molecule has 0 aliphatic carbocycles. The largest absolute Gasteiger partial charge is 0.459 e. The predicted molar refractivity (Wildman–Crippen MR) is 84.3 cm³/mol. The van der Waals surface area contributed by atoms with Gasteiger partial charge in [0.2, 0.25) is 0 Å². The summed E-state index contributed by atoms with van der Waals surface area (Å²) in [6.45, 7) is 2.04. The van der Waals surface area contributed by atoms with Gasteiger partial charge in [0.25, 0.3) is 0 Å². The first-order valence-electron chi connectivity index (χ1n) is 6.40. The Morgan fingerprint density at radius 1 is 1.15 bits per heavy atom. The third-order valence-corrected chi connectivity index (χ3v) is 4.15. The van der Waals surface area contributed by atoms with Gasteiger partial charge in [-0.25, -0.2) is 5.43 Å². The number of aryl methyl sites for hydroxylation is 1. The summed E-state index contributed by atoms with van der Waals surface area (Å²) in [6.07, 6.45) is 0. The Morgan fingerprint density at radius 3 is 2.65 bits per heavy atom. The average molecular weight is 331 g/mol. The Bertz CT molecular complexity index is 751. The fraction of sp³-hybridized carbons (Fsp3) is 0.125. The van der Waals surface area contributed by atoms with Crippen LogP contribution in [0.3, 0.4) is 0 Å². The van der Waals surface area contributed by atoms with Crippen LogP contribution < -0.4 is 11.3 Å². The van der Waals surface area contributed by atoms with Crippen molar-refractivity contribution in [1.29, 1.82) is 0 Å². The molecular weight excluding hydrogens is 316 g/mol. The molecule has 4 heteroatoms. The van der Waals surface area contributed by atoms with Crippen molar-refractivity contribution in [1.82, 2.24) is 5.43 Å². The van der Waals surface area contributed by atoms with Crippen LogP contribution in [0.2, 0.25) is 0 Å². The van der Waals surface area contributed by atoms with Crippen LogP contribution >= 0.6 is 15.9 Å². The van der Waals surface area contributed by atoms with Gasteiger partial charge in [-0.15, -0.1) is 0 Å². The number of fused-ring (bicyclic) bond motifs is 1. The number of para-hydroxylation sites is 1. The summed E-state index contributed by atoms with van der Waals surface area (Å²) in [6, 6.07) is 15.9. The SMILES string of the molecule is Cc1cccc2cc(C(NN)c3ccccc3Br)oc12. The van der Waals surface area contributed by atoms with Gasteiger partial charge in [-0.3, -0.25) is 5.84 Å². The van der Waals surface area contributed by atoms with E-state index in [0.29, 0.717) is 0 Å². The van der Waals surface area contributed by atoms with E-state index in [0.717, 1.165) is 32.3 Å². The molecule has 102 valence electrons. The topological polar surface area (TPSA) is 51.2 Å². The van der Waals surface area contributed by atoms with Crippen LogP contribution in [0.5, 0.6) is 0 Å². The molecule has 0 amide bonds. The van der Waals surface area contributed by atoms with Crippen molar-refractivity contribution in [3.63, 3.8) is 0 Å². The van der Waals surface area contributed by atoms with Crippen LogP contribution in [0.1, 0.15) is 22.9 Å². The fourth-order valence-electron chi connectivity index (χ4n) is 2.41. The molecule has 3 rings (SSSR count). The molecule has 0 saturated carbocycles. The van der Waals surface area contributed by atoms with Crippen molar-refractivity contribution in [3.05, 3.63) is 69.9 Å². The summed E-state index contributed by atoms with van der Waals surface area (Å²) in [5.74, 6) is 6.54. The summed E-state index contributed by atoms with van der Waals surface area (Å²) < 4.78 is 7.00. The zero-order valence-corrected chi connectivity index (χ0v) is 12.6. The van der Waals surface area contributed by atoms with Crippen molar-refractivity contribution in [2.45, 2.75) is 13.0 Å². The molecule has 1 atom stereocenters. The normalized spacial score (nSPS) is 12.8. The number of halogens is 1. The van der Waals surface area contributed by atoms with E-state index < -0.39 is 0 Å². The second-order valence-electron chi connectivity index (χ2n) is 4.76. The summed E-state index contributed by atoms with van der Waals surface area (Å²) in [7, 11) is 0. The molecule has 3 nitrogen and oxygen atoms in total. The molecule has 0 fully saturated rings. The molecular formula is C16H15BrN2O. The Balaban J connectivity index is 2.12. The number of hydrogen-bond acceptors (Lipinski definition) is 3. The third kappa shape index (κ3) is 2.26. The van der Waals surface area contributed by atoms with Crippen molar-refractivity contribution in [2.24, 2.45) is 5.84 Å². The van der Waals surface area contributed by atoms with Gasteiger partial charge in [-0.2, -0.15) is 0 Å². The first kappa shape index (κ1) is 13.4. The van der Waals surface area contributed by atoms with Crippen molar-refractivity contribution in [2.75, 3.05) is 0 Å². The Hall–Kier alpha value is -1.62. The molecule has 3 N–H and O–H groups in total. The maximum Gasteiger partial charge on any atom is 0.137 e. The number of rotatable bonds is 3. The molecule has 1 unspecified atom stereocenters. The van der Waals surface area contributed by atoms with E-state index >= 15 is 0 Å². The lowest BCUT2D eigenvalue weighted by molar-refractivity contribution is 0.475. The van der Waals surface area contributed by atoms with E-state index in [1.165, 1.54) is 0 Å². The van der Waals surface area contributed by atoms with Crippen molar-refractivity contribution >= 4 is 26.9 Å². The van der Waals surface area contributed by atoms with Crippen LogP contribution in [0.15, 0.2) is 57.4 Å². The van der Waals surface area contributed by atoms with Gasteiger partial charge in [0.05, 0.1) is 0 Å². The average Bonchev–Trinajstić information content (AvgIpc) is 2.87. The number of furan rings is 1. The summed E-state index contributed by atoms with van der Waals surface area (Å²) in [5.41, 5.74) is 5.91. The number of nitrogens with one attached hydrogen (secondary N) is 1. The van der Waals surface area contributed by atoms with Crippen molar-refractivity contribution in [3.8, 4) is 0 Å².